The summed E-state index contributed by atoms with van der Waals surface area (Å²) in [6, 6.07) is 8.01. The minimum Gasteiger partial charge on any atom is -0.481 e. The second-order valence-electron chi connectivity index (χ2n) is 5.46. The van der Waals surface area contributed by atoms with E-state index in [1.807, 2.05) is 6.92 Å². The van der Waals surface area contributed by atoms with Crippen LogP contribution in [0.1, 0.15) is 31.2 Å². The number of nitrogens with one attached hydrogen (secondary N) is 1. The van der Waals surface area contributed by atoms with Gasteiger partial charge in [0.1, 0.15) is 0 Å². The molecule has 0 spiro atoms. The van der Waals surface area contributed by atoms with Crippen LogP contribution in [0.15, 0.2) is 29.2 Å². The maximum atomic E-state index is 11.9. The van der Waals surface area contributed by atoms with Gasteiger partial charge in [-0.2, -0.15) is 0 Å². The summed E-state index contributed by atoms with van der Waals surface area (Å²) in [6.45, 7) is 2.04. The Morgan fingerprint density at radius 1 is 1.29 bits per heavy atom. The molecule has 1 aromatic carbocycles. The maximum Gasteiger partial charge on any atom is 0.308 e. The van der Waals surface area contributed by atoms with Crippen molar-refractivity contribution in [2.75, 3.05) is 5.75 Å². The van der Waals surface area contributed by atoms with Crippen molar-refractivity contribution in [1.29, 1.82) is 0 Å². The molecule has 0 saturated heterocycles. The molecule has 1 aliphatic rings. The number of carboxylic acid groups (broad SMARTS) is 1. The van der Waals surface area contributed by atoms with Crippen LogP contribution in [-0.2, 0) is 9.59 Å². The molecular weight excluding hydrogens is 286 g/mol. The van der Waals surface area contributed by atoms with Gasteiger partial charge in [0.25, 0.3) is 0 Å². The summed E-state index contributed by atoms with van der Waals surface area (Å²) in [7, 11) is 0. The Bertz CT molecular complexity index is 501. The molecule has 1 aromatic rings. The van der Waals surface area contributed by atoms with Gasteiger partial charge in [0.15, 0.2) is 0 Å². The summed E-state index contributed by atoms with van der Waals surface area (Å²) >= 11 is 1.65. The summed E-state index contributed by atoms with van der Waals surface area (Å²) in [5.74, 6) is -0.558. The third-order valence-electron chi connectivity index (χ3n) is 3.80. The molecule has 1 saturated carbocycles. The Morgan fingerprint density at radius 3 is 2.67 bits per heavy atom. The van der Waals surface area contributed by atoms with E-state index in [4.69, 9.17) is 5.11 Å². The van der Waals surface area contributed by atoms with Crippen molar-refractivity contribution in [3.05, 3.63) is 29.8 Å². The van der Waals surface area contributed by atoms with Gasteiger partial charge in [-0.3, -0.25) is 9.59 Å². The second kappa shape index (κ2) is 7.50. The van der Waals surface area contributed by atoms with Crippen molar-refractivity contribution in [3.8, 4) is 0 Å². The van der Waals surface area contributed by atoms with Crippen LogP contribution in [0.4, 0.5) is 0 Å². The van der Waals surface area contributed by atoms with Crippen LogP contribution >= 0.6 is 11.8 Å². The first-order chi connectivity index (χ1) is 10.1. The van der Waals surface area contributed by atoms with Crippen molar-refractivity contribution < 1.29 is 14.7 Å². The maximum absolute atomic E-state index is 11.9. The molecule has 1 fully saturated rings. The van der Waals surface area contributed by atoms with E-state index in [2.05, 4.69) is 29.6 Å². The number of carbonyl (C=O) groups excluding carboxylic acids is 1. The molecular formula is C16H21NO3S. The molecule has 2 rings (SSSR count). The predicted molar refractivity (Wildman–Crippen MR) is 83.4 cm³/mol. The van der Waals surface area contributed by atoms with Gasteiger partial charge in [-0.25, -0.2) is 0 Å². The van der Waals surface area contributed by atoms with Gasteiger partial charge < -0.3 is 10.4 Å². The number of amides is 1. The van der Waals surface area contributed by atoms with E-state index in [-0.39, 0.29) is 11.9 Å². The number of aliphatic carboxylic acids is 1. The van der Waals surface area contributed by atoms with E-state index in [9.17, 15) is 9.59 Å². The van der Waals surface area contributed by atoms with Gasteiger partial charge in [-0.1, -0.05) is 24.1 Å². The molecule has 2 N–H and O–H groups in total. The predicted octanol–water partition coefficient (Wildman–Crippen LogP) is 2.85. The monoisotopic (exact) mass is 307 g/mol. The third-order valence-corrected chi connectivity index (χ3v) is 4.81. The van der Waals surface area contributed by atoms with Gasteiger partial charge in [0.05, 0.1) is 5.92 Å². The lowest BCUT2D eigenvalue weighted by molar-refractivity contribution is -0.142. The van der Waals surface area contributed by atoms with Crippen LogP contribution in [0.25, 0.3) is 0 Å². The third kappa shape index (κ3) is 4.77. The Hall–Kier alpha value is -1.49. The molecule has 1 amide bonds. The van der Waals surface area contributed by atoms with Crippen molar-refractivity contribution in [1.82, 2.24) is 5.32 Å². The Morgan fingerprint density at radius 2 is 2.00 bits per heavy atom. The lowest BCUT2D eigenvalue weighted by atomic mass is 10.0. The van der Waals surface area contributed by atoms with E-state index >= 15 is 0 Å². The average Bonchev–Trinajstić information content (AvgIpc) is 2.89. The number of benzene rings is 1. The minimum atomic E-state index is -0.799. The molecule has 4 nitrogen and oxygen atoms in total. The van der Waals surface area contributed by atoms with Crippen molar-refractivity contribution in [2.24, 2.45) is 5.92 Å². The Kier molecular flexibility index (Phi) is 5.67. The fourth-order valence-electron chi connectivity index (χ4n) is 2.60. The van der Waals surface area contributed by atoms with E-state index in [1.54, 1.807) is 11.8 Å². The molecule has 0 aromatic heterocycles. The molecule has 0 bridgehead atoms. The van der Waals surface area contributed by atoms with Crippen LogP contribution in [0, 0.1) is 12.8 Å². The minimum absolute atomic E-state index is 0.0484. The number of thioether (sulfide) groups is 1. The lowest BCUT2D eigenvalue weighted by Gasteiger charge is -2.17. The fourth-order valence-corrected chi connectivity index (χ4v) is 3.46. The molecule has 114 valence electrons. The summed E-state index contributed by atoms with van der Waals surface area (Å²) < 4.78 is 0. The Balaban J connectivity index is 1.72. The molecule has 5 heteroatoms. The quantitative estimate of drug-likeness (QED) is 0.793. The summed E-state index contributed by atoms with van der Waals surface area (Å²) in [5.41, 5.74) is 1.22. The fraction of sp³-hybridized carbons (Fsp3) is 0.500. The second-order valence-corrected chi connectivity index (χ2v) is 6.63. The topological polar surface area (TPSA) is 66.4 Å². The number of hydrogen-bond donors (Lipinski definition) is 2. The van der Waals surface area contributed by atoms with Crippen LogP contribution < -0.4 is 5.32 Å². The molecule has 0 heterocycles. The van der Waals surface area contributed by atoms with Gasteiger partial charge in [-0.05, 0) is 31.9 Å². The number of rotatable bonds is 6. The summed E-state index contributed by atoms with van der Waals surface area (Å²) in [5, 5.41) is 12.0. The van der Waals surface area contributed by atoms with Crippen molar-refractivity contribution >= 4 is 23.6 Å². The largest absolute Gasteiger partial charge is 0.481 e. The highest BCUT2D eigenvalue weighted by Crippen LogP contribution is 2.26. The van der Waals surface area contributed by atoms with E-state index in [0.717, 1.165) is 17.7 Å². The highest BCUT2D eigenvalue weighted by atomic mass is 32.2. The van der Waals surface area contributed by atoms with Crippen molar-refractivity contribution in [2.45, 2.75) is 43.5 Å². The van der Waals surface area contributed by atoms with Gasteiger partial charge in [-0.15, -0.1) is 11.8 Å². The molecule has 2 atom stereocenters. The molecule has 2 unspecified atom stereocenters. The molecule has 1 aliphatic carbocycles. The SMILES string of the molecule is Cc1ccc(SCCC(=O)NC2CCCC2C(=O)O)cc1. The van der Waals surface area contributed by atoms with Gasteiger partial charge in [0, 0.05) is 23.1 Å². The van der Waals surface area contributed by atoms with Crippen LogP contribution in [0.3, 0.4) is 0 Å². The summed E-state index contributed by atoms with van der Waals surface area (Å²) in [4.78, 5) is 24.1. The normalized spacial score (nSPS) is 21.2. The highest BCUT2D eigenvalue weighted by molar-refractivity contribution is 7.99. The number of aryl methyl sites for hydroxylation is 1. The van der Waals surface area contributed by atoms with Crippen LogP contribution in [0.2, 0.25) is 0 Å². The van der Waals surface area contributed by atoms with Gasteiger partial charge in [0.2, 0.25) is 5.91 Å². The Labute approximate surface area is 129 Å². The number of carboxylic acids is 1. The zero-order chi connectivity index (χ0) is 15.2. The first-order valence-electron chi connectivity index (χ1n) is 7.28. The van der Waals surface area contributed by atoms with Crippen LogP contribution in [0.5, 0.6) is 0 Å². The zero-order valence-corrected chi connectivity index (χ0v) is 13.0. The van der Waals surface area contributed by atoms with E-state index in [1.165, 1.54) is 5.56 Å². The first kappa shape index (κ1) is 15.9. The van der Waals surface area contributed by atoms with E-state index < -0.39 is 11.9 Å². The standard InChI is InChI=1S/C16H21NO3S/c1-11-5-7-12(8-6-11)21-10-9-15(18)17-14-4-2-3-13(14)16(19)20/h5-8,13-14H,2-4,9-10H2,1H3,(H,17,18)(H,19,20). The number of carbonyl (C=O) groups is 2. The highest BCUT2D eigenvalue weighted by Gasteiger charge is 2.33. The molecule has 0 aliphatic heterocycles. The zero-order valence-electron chi connectivity index (χ0n) is 12.2. The van der Waals surface area contributed by atoms with E-state index in [0.29, 0.717) is 18.6 Å². The molecule has 0 radical (unpaired) electrons. The lowest BCUT2D eigenvalue weighted by Crippen LogP contribution is -2.40. The van der Waals surface area contributed by atoms with Gasteiger partial charge >= 0.3 is 5.97 Å². The smallest absolute Gasteiger partial charge is 0.308 e. The summed E-state index contributed by atoms with van der Waals surface area (Å²) in [6.07, 6.45) is 2.73. The average molecular weight is 307 g/mol. The van der Waals surface area contributed by atoms with Crippen LogP contribution in [-0.4, -0.2) is 28.8 Å². The number of hydrogen-bond acceptors (Lipinski definition) is 3. The molecule has 21 heavy (non-hydrogen) atoms. The first-order valence-corrected chi connectivity index (χ1v) is 8.26. The van der Waals surface area contributed by atoms with Crippen molar-refractivity contribution in [3.63, 3.8) is 0 Å².